The predicted octanol–water partition coefficient (Wildman–Crippen LogP) is 6.50. The van der Waals surface area contributed by atoms with Gasteiger partial charge in [0, 0.05) is 17.7 Å². The first-order chi connectivity index (χ1) is 18.0. The fourth-order valence-electron chi connectivity index (χ4n) is 4.58. The van der Waals surface area contributed by atoms with Crippen LogP contribution in [0.2, 0.25) is 0 Å². The molecule has 0 bridgehead atoms. The van der Waals surface area contributed by atoms with E-state index in [0.717, 1.165) is 23.3 Å². The van der Waals surface area contributed by atoms with E-state index in [1.54, 1.807) is 36.5 Å². The number of alkyl halides is 3. The predicted molar refractivity (Wildman–Crippen MR) is 139 cm³/mol. The van der Waals surface area contributed by atoms with E-state index in [4.69, 9.17) is 4.74 Å². The third-order valence-electron chi connectivity index (χ3n) is 6.75. The zero-order chi connectivity index (χ0) is 27.3. The topological polar surface area (TPSA) is 76.5 Å². The lowest BCUT2D eigenvalue weighted by molar-refractivity contribution is -0.0881. The van der Waals surface area contributed by atoms with E-state index >= 15 is 0 Å². The lowest BCUT2D eigenvalue weighted by Crippen LogP contribution is -2.26. The van der Waals surface area contributed by atoms with Crippen LogP contribution in [0.5, 0.6) is 5.88 Å². The number of pyridine rings is 1. The molecule has 9 heteroatoms. The highest BCUT2D eigenvalue weighted by Gasteiger charge is 2.32. The van der Waals surface area contributed by atoms with Gasteiger partial charge in [0.15, 0.2) is 9.84 Å². The van der Waals surface area contributed by atoms with Gasteiger partial charge in [0.2, 0.25) is 5.88 Å². The van der Waals surface area contributed by atoms with Gasteiger partial charge in [-0.25, -0.2) is 13.4 Å². The van der Waals surface area contributed by atoms with Crippen LogP contribution in [0.1, 0.15) is 32.1 Å². The lowest BCUT2D eigenvalue weighted by atomic mass is 9.81. The van der Waals surface area contributed by atoms with Crippen molar-refractivity contribution in [2.24, 2.45) is 5.92 Å². The highest BCUT2D eigenvalue weighted by atomic mass is 32.2. The van der Waals surface area contributed by atoms with Crippen molar-refractivity contribution in [1.29, 1.82) is 0 Å². The number of allylic oxidation sites excluding steroid dienone is 5. The van der Waals surface area contributed by atoms with Gasteiger partial charge in [0.1, 0.15) is 0 Å². The molecule has 2 aliphatic carbocycles. The molecule has 0 unspecified atom stereocenters. The SMILES string of the molecule is COc1cc(-c2ccc(S(=O)(=O)/C=C3\CC[C@@H](CCC4=CC=C(C(F)(F)F)C=C=C4)[C@@H](O)C3)cc2)ccn1. The zero-order valence-corrected chi connectivity index (χ0v) is 21.6. The van der Waals surface area contributed by atoms with Crippen molar-refractivity contribution in [3.63, 3.8) is 0 Å². The number of hydrogen-bond acceptors (Lipinski definition) is 5. The molecule has 0 amide bonds. The monoisotopic (exact) mass is 543 g/mol. The van der Waals surface area contributed by atoms with E-state index in [1.165, 1.54) is 24.7 Å². The normalized spacial score (nSPS) is 21.1. The van der Waals surface area contributed by atoms with Crippen molar-refractivity contribution < 1.29 is 31.4 Å². The Morgan fingerprint density at radius 3 is 2.58 bits per heavy atom. The Morgan fingerprint density at radius 2 is 1.89 bits per heavy atom. The largest absolute Gasteiger partial charge is 0.481 e. The number of benzene rings is 1. The van der Waals surface area contributed by atoms with Gasteiger partial charge in [-0.3, -0.25) is 0 Å². The smallest absolute Gasteiger partial charge is 0.417 e. The minimum atomic E-state index is -4.43. The minimum Gasteiger partial charge on any atom is -0.481 e. The van der Waals surface area contributed by atoms with Crippen LogP contribution in [-0.4, -0.2) is 37.9 Å². The molecule has 0 spiro atoms. The minimum absolute atomic E-state index is 0.0703. The van der Waals surface area contributed by atoms with Crippen molar-refractivity contribution in [1.82, 2.24) is 4.98 Å². The molecule has 0 saturated heterocycles. The fraction of sp³-hybridized carbons (Fsp3) is 0.310. The lowest BCUT2D eigenvalue weighted by Gasteiger charge is -2.29. The van der Waals surface area contributed by atoms with Crippen LogP contribution >= 0.6 is 0 Å². The second-order valence-corrected chi connectivity index (χ2v) is 11.2. The number of aliphatic hydroxyl groups excluding tert-OH is 1. The number of aromatic nitrogens is 1. The van der Waals surface area contributed by atoms with Gasteiger partial charge in [-0.15, -0.1) is 5.73 Å². The van der Waals surface area contributed by atoms with Crippen molar-refractivity contribution in [2.75, 3.05) is 7.11 Å². The number of methoxy groups -OCH3 is 1. The first kappa shape index (κ1) is 27.6. The number of nitrogens with zero attached hydrogens (tertiary/aromatic N) is 1. The molecular formula is C29H28F3NO4S. The van der Waals surface area contributed by atoms with E-state index in [9.17, 15) is 26.7 Å². The van der Waals surface area contributed by atoms with Crippen molar-refractivity contribution in [3.05, 3.63) is 94.8 Å². The molecule has 200 valence electrons. The van der Waals surface area contributed by atoms with Gasteiger partial charge in [0.25, 0.3) is 0 Å². The quantitative estimate of drug-likeness (QED) is 0.404. The van der Waals surface area contributed by atoms with Gasteiger partial charge < -0.3 is 9.84 Å². The number of sulfone groups is 1. The second-order valence-electron chi connectivity index (χ2n) is 9.36. The summed E-state index contributed by atoms with van der Waals surface area (Å²) in [7, 11) is -2.17. The molecule has 1 aromatic heterocycles. The van der Waals surface area contributed by atoms with Crippen molar-refractivity contribution >= 4 is 9.84 Å². The number of aliphatic hydroxyl groups is 1. The summed E-state index contributed by atoms with van der Waals surface area (Å²) < 4.78 is 69.8. The number of hydrogen-bond donors (Lipinski definition) is 1. The van der Waals surface area contributed by atoms with Crippen molar-refractivity contribution in [3.8, 4) is 17.0 Å². The van der Waals surface area contributed by atoms with Crippen LogP contribution in [-0.2, 0) is 9.84 Å². The fourth-order valence-corrected chi connectivity index (χ4v) is 5.89. The Hall–Kier alpha value is -3.39. The van der Waals surface area contributed by atoms with Crippen molar-refractivity contribution in [2.45, 2.75) is 49.3 Å². The highest BCUT2D eigenvalue weighted by Crippen LogP contribution is 2.34. The summed E-state index contributed by atoms with van der Waals surface area (Å²) in [4.78, 5) is 4.24. The first-order valence-electron chi connectivity index (χ1n) is 12.2. The molecule has 38 heavy (non-hydrogen) atoms. The average Bonchev–Trinajstić information content (AvgIpc) is 3.14. The molecule has 2 aliphatic rings. The molecule has 1 aromatic carbocycles. The molecular weight excluding hydrogens is 515 g/mol. The summed E-state index contributed by atoms with van der Waals surface area (Å²) in [6.07, 6.45) is 3.84. The van der Waals surface area contributed by atoms with Crippen LogP contribution in [0.4, 0.5) is 13.2 Å². The Balaban J connectivity index is 1.37. The average molecular weight is 544 g/mol. The van der Waals surface area contributed by atoms with Gasteiger partial charge in [-0.1, -0.05) is 23.8 Å². The van der Waals surface area contributed by atoms with Gasteiger partial charge in [-0.05, 0) is 91.1 Å². The highest BCUT2D eigenvalue weighted by molar-refractivity contribution is 7.94. The van der Waals surface area contributed by atoms with Crippen LogP contribution in [0.15, 0.2) is 99.7 Å². The maximum absolute atomic E-state index is 13.0. The zero-order valence-electron chi connectivity index (χ0n) is 20.8. The van der Waals surface area contributed by atoms with E-state index in [1.807, 2.05) is 6.07 Å². The molecule has 2 atom stereocenters. The summed E-state index contributed by atoms with van der Waals surface area (Å²) in [6.45, 7) is 0. The summed E-state index contributed by atoms with van der Waals surface area (Å²) in [6, 6.07) is 10.1. The van der Waals surface area contributed by atoms with E-state index < -0.39 is 27.7 Å². The van der Waals surface area contributed by atoms with Crippen LogP contribution in [0.25, 0.3) is 11.1 Å². The van der Waals surface area contributed by atoms with Crippen LogP contribution in [0, 0.1) is 5.92 Å². The molecule has 1 saturated carbocycles. The molecule has 0 radical (unpaired) electrons. The van der Waals surface area contributed by atoms with E-state index in [2.05, 4.69) is 10.7 Å². The Labute approximate surface area is 220 Å². The maximum atomic E-state index is 13.0. The standard InChI is InChI=1S/C29H28F3NO4S/c1-37-28-18-24(15-16-33-28)22-10-13-26(14-11-22)38(35,36)19-21-6-9-23(27(34)17-21)8-5-20-3-2-4-25(12-7-20)29(30,31)32/h3-4,7,10-16,18-19,23,27,34H,5-6,8-9,17H2,1H3/b21-19+/t23-,27+/m1/s1. The van der Waals surface area contributed by atoms with Gasteiger partial charge >= 0.3 is 6.18 Å². The molecule has 0 aliphatic heterocycles. The van der Waals surface area contributed by atoms with Crippen LogP contribution in [0.3, 0.4) is 0 Å². The second kappa shape index (κ2) is 11.6. The molecule has 1 N–H and O–H groups in total. The van der Waals surface area contributed by atoms with Gasteiger partial charge in [-0.2, -0.15) is 13.2 Å². The summed E-state index contributed by atoms with van der Waals surface area (Å²) in [5, 5.41) is 11.9. The number of rotatable bonds is 7. The maximum Gasteiger partial charge on any atom is 0.417 e. The molecule has 1 fully saturated rings. The van der Waals surface area contributed by atoms with E-state index in [0.29, 0.717) is 42.7 Å². The molecule has 4 rings (SSSR count). The Morgan fingerprint density at radius 1 is 1.13 bits per heavy atom. The Bertz CT molecular complexity index is 1430. The summed E-state index contributed by atoms with van der Waals surface area (Å²) >= 11 is 0. The first-order valence-corrected chi connectivity index (χ1v) is 13.7. The third kappa shape index (κ3) is 6.92. The van der Waals surface area contributed by atoms with Gasteiger partial charge in [0.05, 0.1) is 23.7 Å². The number of halogens is 3. The molecule has 1 heterocycles. The number of ether oxygens (including phenoxy) is 1. The van der Waals surface area contributed by atoms with E-state index in [-0.39, 0.29) is 17.2 Å². The molecule has 5 nitrogen and oxygen atoms in total. The summed E-state index contributed by atoms with van der Waals surface area (Å²) in [5.74, 6) is 0.392. The molecule has 2 aromatic rings. The summed E-state index contributed by atoms with van der Waals surface area (Å²) in [5.41, 5.74) is 4.84. The van der Waals surface area contributed by atoms with Crippen LogP contribution < -0.4 is 4.74 Å². The Kier molecular flexibility index (Phi) is 8.41. The third-order valence-corrected chi connectivity index (χ3v) is 8.32.